The molecule has 0 saturated carbocycles. The zero-order chi connectivity index (χ0) is 36.3. The molecule has 1 fully saturated rings. The zero-order valence-corrected chi connectivity index (χ0v) is 31.8. The quantitative estimate of drug-likeness (QED) is 0.175. The first kappa shape index (κ1) is 39.5. The maximum absolute atomic E-state index is 13.4. The van der Waals surface area contributed by atoms with Gasteiger partial charge in [0.15, 0.2) is 0 Å². The van der Waals surface area contributed by atoms with E-state index in [9.17, 15) is 19.8 Å². The van der Waals surface area contributed by atoms with Crippen molar-refractivity contribution in [3.8, 4) is 5.75 Å². The molecule has 2 N–H and O–H groups in total. The average molecular weight is 666 g/mol. The van der Waals surface area contributed by atoms with Crippen LogP contribution < -0.4 is 0 Å². The van der Waals surface area contributed by atoms with Gasteiger partial charge in [-0.2, -0.15) is 0 Å². The molecule has 0 aromatic heterocycles. The van der Waals surface area contributed by atoms with Crippen LogP contribution in [0.3, 0.4) is 0 Å². The highest BCUT2D eigenvalue weighted by Crippen LogP contribution is 2.57. The van der Waals surface area contributed by atoms with E-state index in [1.807, 2.05) is 56.3 Å². The number of aromatic hydroxyl groups is 1. The highest BCUT2D eigenvalue weighted by molar-refractivity contribution is 5.70. The number of phenolic OH excluding ortho intramolecular Hbond substituents is 1. The lowest BCUT2D eigenvalue weighted by Gasteiger charge is -2.67. The van der Waals surface area contributed by atoms with Crippen molar-refractivity contribution in [3.63, 3.8) is 0 Å². The summed E-state index contributed by atoms with van der Waals surface area (Å²) >= 11 is 0. The molecule has 0 radical (unpaired) electrons. The Morgan fingerprint density at radius 3 is 1.98 bits per heavy atom. The van der Waals surface area contributed by atoms with E-state index in [2.05, 4.69) is 74.1 Å². The molecule has 0 amide bonds. The molecule has 1 aliphatic rings. The zero-order valence-electron chi connectivity index (χ0n) is 31.8. The molecule has 7 nitrogen and oxygen atoms in total. The fourth-order valence-electron chi connectivity index (χ4n) is 8.92. The van der Waals surface area contributed by atoms with Crippen molar-refractivity contribution in [2.75, 3.05) is 13.2 Å². The molecule has 48 heavy (non-hydrogen) atoms. The Hall–Kier alpha value is -2.90. The second-order valence-electron chi connectivity index (χ2n) is 16.9. The van der Waals surface area contributed by atoms with Crippen LogP contribution in [0.4, 0.5) is 0 Å². The predicted octanol–water partition coefficient (Wildman–Crippen LogP) is 8.15. The van der Waals surface area contributed by atoms with Crippen LogP contribution in [0.25, 0.3) is 0 Å². The second-order valence-corrected chi connectivity index (χ2v) is 16.9. The largest absolute Gasteiger partial charge is 0.507 e. The summed E-state index contributed by atoms with van der Waals surface area (Å²) in [6.07, 6.45) is 2.80. The SMILES string of the molecule is CCc1cc(CCC(=O)OCCN2C(C)(C)C(CC)C(O)(OC(=O)CCc3ccccc3)C(C(C)(C)C)C2(C)C)cc(C(C)(C)C)c1O. The molecule has 3 unspecified atom stereocenters. The third-order valence-electron chi connectivity index (χ3n) is 10.5. The van der Waals surface area contributed by atoms with Gasteiger partial charge in [0.1, 0.15) is 12.4 Å². The first-order chi connectivity index (χ1) is 22.1. The minimum absolute atomic E-state index is 0.182. The molecule has 2 aromatic rings. The fraction of sp³-hybridized carbons (Fsp3) is 0.659. The molecule has 7 heteroatoms. The molecule has 0 aliphatic carbocycles. The molecule has 3 atom stereocenters. The fourth-order valence-corrected chi connectivity index (χ4v) is 8.92. The van der Waals surface area contributed by atoms with Gasteiger partial charge in [0, 0.05) is 42.3 Å². The highest BCUT2D eigenvalue weighted by Gasteiger charge is 2.68. The number of hydrogen-bond acceptors (Lipinski definition) is 7. The summed E-state index contributed by atoms with van der Waals surface area (Å²) in [5, 5.41) is 23.4. The third-order valence-corrected chi connectivity index (χ3v) is 10.5. The minimum atomic E-state index is -1.70. The van der Waals surface area contributed by atoms with Crippen molar-refractivity contribution >= 4 is 11.9 Å². The number of benzene rings is 2. The van der Waals surface area contributed by atoms with Crippen LogP contribution in [0, 0.1) is 17.3 Å². The number of likely N-dealkylation sites (tertiary alicyclic amines) is 1. The lowest BCUT2D eigenvalue weighted by Crippen LogP contribution is -2.78. The van der Waals surface area contributed by atoms with Gasteiger partial charge in [-0.3, -0.25) is 14.5 Å². The standard InChI is InChI=1S/C41H63NO6/c1-13-30-26-29(27-31(35(30)45)37(3,4)5)21-22-33(43)47-25-24-42-39(9,10)32(14-2)41(46,36(38(6,7)8)40(42,11)12)48-34(44)23-20-28-18-16-15-17-19-28/h15-19,26-27,32,36,45-46H,13-14,20-25H2,1-12H3. The Morgan fingerprint density at radius 2 is 1.44 bits per heavy atom. The van der Waals surface area contributed by atoms with Gasteiger partial charge in [-0.15, -0.1) is 0 Å². The maximum Gasteiger partial charge on any atom is 0.308 e. The summed E-state index contributed by atoms with van der Waals surface area (Å²) in [5.74, 6) is -2.86. The molecular weight excluding hydrogens is 602 g/mol. The predicted molar refractivity (Wildman–Crippen MR) is 193 cm³/mol. The molecule has 1 aliphatic heterocycles. The van der Waals surface area contributed by atoms with Crippen LogP contribution in [-0.2, 0) is 43.7 Å². The molecule has 1 saturated heterocycles. The number of aliphatic hydroxyl groups is 1. The maximum atomic E-state index is 13.4. The molecule has 2 aromatic carbocycles. The number of phenols is 1. The van der Waals surface area contributed by atoms with Crippen LogP contribution in [0.2, 0.25) is 0 Å². The summed E-state index contributed by atoms with van der Waals surface area (Å²) in [6, 6.07) is 13.8. The number of hydrogen-bond donors (Lipinski definition) is 2. The van der Waals surface area contributed by atoms with Crippen molar-refractivity contribution in [1.82, 2.24) is 4.90 Å². The van der Waals surface area contributed by atoms with E-state index < -0.39 is 40.1 Å². The summed E-state index contributed by atoms with van der Waals surface area (Å²) in [7, 11) is 0. The lowest BCUT2D eigenvalue weighted by atomic mass is 9.55. The van der Waals surface area contributed by atoms with Crippen molar-refractivity contribution in [1.29, 1.82) is 0 Å². The Kier molecular flexibility index (Phi) is 12.3. The number of piperidine rings is 1. The van der Waals surface area contributed by atoms with Gasteiger partial charge in [0.25, 0.3) is 0 Å². The summed E-state index contributed by atoms with van der Waals surface area (Å²) < 4.78 is 12.1. The normalized spacial score (nSPS) is 22.7. The summed E-state index contributed by atoms with van der Waals surface area (Å²) in [6.45, 7) is 25.6. The van der Waals surface area contributed by atoms with E-state index in [-0.39, 0.29) is 30.8 Å². The Labute approximate surface area is 290 Å². The van der Waals surface area contributed by atoms with Gasteiger partial charge in [0.05, 0.1) is 0 Å². The van der Waals surface area contributed by atoms with Gasteiger partial charge in [-0.1, -0.05) is 97.9 Å². The number of carbonyl (C=O) groups excluding carboxylic acids is 2. The number of carbonyl (C=O) groups is 2. The van der Waals surface area contributed by atoms with Crippen LogP contribution in [-0.4, -0.2) is 57.1 Å². The van der Waals surface area contributed by atoms with Crippen LogP contribution >= 0.6 is 0 Å². The molecule has 0 bridgehead atoms. The van der Waals surface area contributed by atoms with Gasteiger partial charge in [-0.25, -0.2) is 0 Å². The Bertz CT molecular complexity index is 1400. The highest BCUT2D eigenvalue weighted by atomic mass is 16.7. The van der Waals surface area contributed by atoms with E-state index in [0.29, 0.717) is 38.0 Å². The number of rotatable bonds is 12. The number of nitrogens with zero attached hydrogens (tertiary/aromatic N) is 1. The van der Waals surface area contributed by atoms with E-state index in [1.165, 1.54) is 0 Å². The first-order valence-corrected chi connectivity index (χ1v) is 17.9. The van der Waals surface area contributed by atoms with Crippen molar-refractivity contribution in [2.24, 2.45) is 17.3 Å². The number of aryl methyl sites for hydroxylation is 3. The van der Waals surface area contributed by atoms with Crippen molar-refractivity contribution < 1.29 is 29.3 Å². The van der Waals surface area contributed by atoms with E-state index in [0.717, 1.165) is 22.3 Å². The van der Waals surface area contributed by atoms with Crippen LogP contribution in [0.1, 0.15) is 125 Å². The number of esters is 2. The Balaban J connectivity index is 1.77. The van der Waals surface area contributed by atoms with Crippen molar-refractivity contribution in [2.45, 2.75) is 144 Å². The van der Waals surface area contributed by atoms with Gasteiger partial charge in [-0.05, 0) is 86.5 Å². The summed E-state index contributed by atoms with van der Waals surface area (Å²) in [4.78, 5) is 28.8. The molecular formula is C41H63NO6. The molecule has 268 valence electrons. The van der Waals surface area contributed by atoms with Crippen LogP contribution in [0.15, 0.2) is 42.5 Å². The van der Waals surface area contributed by atoms with Crippen molar-refractivity contribution in [3.05, 3.63) is 64.7 Å². The lowest BCUT2D eigenvalue weighted by molar-refractivity contribution is -0.341. The third kappa shape index (κ3) is 8.63. The molecule has 3 rings (SSSR count). The van der Waals surface area contributed by atoms with Gasteiger partial charge in [0.2, 0.25) is 5.79 Å². The second kappa shape index (κ2) is 14.9. The molecule has 1 heterocycles. The smallest absolute Gasteiger partial charge is 0.308 e. The number of ether oxygens (including phenoxy) is 2. The molecule has 0 spiro atoms. The van der Waals surface area contributed by atoms with E-state index in [4.69, 9.17) is 9.47 Å². The van der Waals surface area contributed by atoms with E-state index in [1.54, 1.807) is 0 Å². The van der Waals surface area contributed by atoms with Gasteiger partial charge >= 0.3 is 11.9 Å². The van der Waals surface area contributed by atoms with Crippen LogP contribution in [0.5, 0.6) is 5.75 Å². The minimum Gasteiger partial charge on any atom is -0.507 e. The van der Waals surface area contributed by atoms with Gasteiger partial charge < -0.3 is 19.7 Å². The topological polar surface area (TPSA) is 96.3 Å². The first-order valence-electron chi connectivity index (χ1n) is 17.9. The Morgan fingerprint density at radius 1 is 0.854 bits per heavy atom. The van der Waals surface area contributed by atoms with E-state index >= 15 is 0 Å². The summed E-state index contributed by atoms with van der Waals surface area (Å²) in [5.41, 5.74) is 1.99. The average Bonchev–Trinajstić information content (AvgIpc) is 2.95. The monoisotopic (exact) mass is 665 g/mol.